The normalized spacial score (nSPS) is 11.6. The van der Waals surface area contributed by atoms with Crippen molar-refractivity contribution in [3.8, 4) is 23.8 Å². The van der Waals surface area contributed by atoms with Crippen molar-refractivity contribution in [2.75, 3.05) is 0 Å². The van der Waals surface area contributed by atoms with Gasteiger partial charge in [0.15, 0.2) is 0 Å². The average Bonchev–Trinajstić information content (AvgIpc) is 2.42. The first-order valence-corrected chi connectivity index (χ1v) is 6.06. The van der Waals surface area contributed by atoms with Crippen LogP contribution in [0.5, 0.6) is 11.5 Å². The molecule has 0 aliphatic heterocycles. The van der Waals surface area contributed by atoms with Gasteiger partial charge in [0.25, 0.3) is 0 Å². The van der Waals surface area contributed by atoms with Crippen molar-refractivity contribution in [1.29, 1.82) is 0 Å². The van der Waals surface area contributed by atoms with Crippen molar-refractivity contribution in [3.63, 3.8) is 0 Å². The largest absolute Gasteiger partial charge is 0.457 e. The molecule has 2 aromatic carbocycles. The fraction of sp³-hybridized carbons (Fsp3) is 0.176. The predicted octanol–water partition coefficient (Wildman–Crippen LogP) is 4.29. The van der Waals surface area contributed by atoms with Gasteiger partial charge in [-0.1, -0.05) is 37.3 Å². The SMILES string of the molecule is C#CC(C)Cc1ccc(Oc2ccccc2)cc1. The van der Waals surface area contributed by atoms with Gasteiger partial charge in [0, 0.05) is 5.92 Å². The summed E-state index contributed by atoms with van der Waals surface area (Å²) in [6.07, 6.45) is 6.28. The Kier molecular flexibility index (Phi) is 4.04. The van der Waals surface area contributed by atoms with E-state index in [-0.39, 0.29) is 5.92 Å². The van der Waals surface area contributed by atoms with Crippen LogP contribution in [0.1, 0.15) is 12.5 Å². The Morgan fingerprint density at radius 2 is 1.61 bits per heavy atom. The molecule has 0 aliphatic carbocycles. The van der Waals surface area contributed by atoms with Gasteiger partial charge in [-0.05, 0) is 36.2 Å². The maximum Gasteiger partial charge on any atom is 0.127 e. The number of para-hydroxylation sites is 1. The van der Waals surface area contributed by atoms with E-state index in [4.69, 9.17) is 11.2 Å². The van der Waals surface area contributed by atoms with Gasteiger partial charge in [-0.2, -0.15) is 0 Å². The zero-order valence-corrected chi connectivity index (χ0v) is 10.5. The quantitative estimate of drug-likeness (QED) is 0.719. The highest BCUT2D eigenvalue weighted by atomic mass is 16.5. The van der Waals surface area contributed by atoms with Crippen LogP contribution in [-0.2, 0) is 6.42 Å². The fourth-order valence-corrected chi connectivity index (χ4v) is 1.73. The molecule has 2 rings (SSSR count). The summed E-state index contributed by atoms with van der Waals surface area (Å²) >= 11 is 0. The van der Waals surface area contributed by atoms with E-state index in [2.05, 4.69) is 18.1 Å². The molecule has 1 heteroatoms. The second-order valence-electron chi connectivity index (χ2n) is 4.33. The van der Waals surface area contributed by atoms with E-state index in [0.29, 0.717) is 0 Å². The van der Waals surface area contributed by atoms with Crippen LogP contribution in [0.2, 0.25) is 0 Å². The Hall–Kier alpha value is -2.20. The first-order chi connectivity index (χ1) is 8.78. The van der Waals surface area contributed by atoms with Crippen LogP contribution in [-0.4, -0.2) is 0 Å². The highest BCUT2D eigenvalue weighted by molar-refractivity contribution is 5.33. The number of ether oxygens (including phenoxy) is 1. The molecule has 0 aliphatic rings. The number of hydrogen-bond donors (Lipinski definition) is 0. The summed E-state index contributed by atoms with van der Waals surface area (Å²) in [5.41, 5.74) is 1.24. The third-order valence-electron chi connectivity index (χ3n) is 2.73. The van der Waals surface area contributed by atoms with Gasteiger partial charge in [0.1, 0.15) is 11.5 Å². The minimum Gasteiger partial charge on any atom is -0.457 e. The summed E-state index contributed by atoms with van der Waals surface area (Å²) in [5, 5.41) is 0. The first kappa shape index (κ1) is 12.3. The highest BCUT2D eigenvalue weighted by Gasteiger charge is 2.01. The zero-order chi connectivity index (χ0) is 12.8. The number of terminal acetylenes is 1. The van der Waals surface area contributed by atoms with Crippen LogP contribution in [0, 0.1) is 18.3 Å². The lowest BCUT2D eigenvalue weighted by molar-refractivity contribution is 0.482. The second-order valence-corrected chi connectivity index (χ2v) is 4.33. The molecule has 0 spiro atoms. The number of benzene rings is 2. The van der Waals surface area contributed by atoms with E-state index < -0.39 is 0 Å². The molecule has 18 heavy (non-hydrogen) atoms. The highest BCUT2D eigenvalue weighted by Crippen LogP contribution is 2.21. The van der Waals surface area contributed by atoms with E-state index in [0.717, 1.165) is 17.9 Å². The van der Waals surface area contributed by atoms with Gasteiger partial charge in [0.05, 0.1) is 0 Å². The first-order valence-electron chi connectivity index (χ1n) is 6.06. The van der Waals surface area contributed by atoms with E-state index in [1.807, 2.05) is 49.4 Å². The summed E-state index contributed by atoms with van der Waals surface area (Å²) in [6.45, 7) is 2.05. The molecular formula is C17H16O. The summed E-state index contributed by atoms with van der Waals surface area (Å²) in [5.74, 6) is 4.70. The summed E-state index contributed by atoms with van der Waals surface area (Å²) in [4.78, 5) is 0. The molecule has 1 atom stereocenters. The van der Waals surface area contributed by atoms with Gasteiger partial charge >= 0.3 is 0 Å². The van der Waals surface area contributed by atoms with E-state index in [1.165, 1.54) is 5.56 Å². The molecule has 0 fully saturated rings. The Labute approximate surface area is 108 Å². The summed E-state index contributed by atoms with van der Waals surface area (Å²) in [7, 11) is 0. The molecule has 90 valence electrons. The molecule has 2 aromatic rings. The van der Waals surface area contributed by atoms with E-state index in [1.54, 1.807) is 0 Å². The Bertz CT molecular complexity index is 520. The molecule has 0 bridgehead atoms. The summed E-state index contributed by atoms with van der Waals surface area (Å²) < 4.78 is 5.72. The molecule has 1 nitrogen and oxygen atoms in total. The lowest BCUT2D eigenvalue weighted by atomic mass is 10.0. The van der Waals surface area contributed by atoms with Gasteiger partial charge in [-0.3, -0.25) is 0 Å². The van der Waals surface area contributed by atoms with Crippen molar-refractivity contribution in [2.24, 2.45) is 5.92 Å². The van der Waals surface area contributed by atoms with Gasteiger partial charge in [-0.25, -0.2) is 0 Å². The van der Waals surface area contributed by atoms with Crippen molar-refractivity contribution in [3.05, 3.63) is 60.2 Å². The molecule has 0 N–H and O–H groups in total. The molecule has 1 unspecified atom stereocenters. The monoisotopic (exact) mass is 236 g/mol. The lowest BCUT2D eigenvalue weighted by Gasteiger charge is -2.07. The van der Waals surface area contributed by atoms with Crippen molar-refractivity contribution in [1.82, 2.24) is 0 Å². The van der Waals surface area contributed by atoms with Crippen LogP contribution in [0.15, 0.2) is 54.6 Å². The van der Waals surface area contributed by atoms with Crippen molar-refractivity contribution >= 4 is 0 Å². The topological polar surface area (TPSA) is 9.23 Å². The second kappa shape index (κ2) is 5.93. The zero-order valence-electron chi connectivity index (χ0n) is 10.5. The van der Waals surface area contributed by atoms with Crippen LogP contribution in [0.25, 0.3) is 0 Å². The van der Waals surface area contributed by atoms with Crippen LogP contribution >= 0.6 is 0 Å². The molecule has 0 amide bonds. The minimum absolute atomic E-state index is 0.269. The number of hydrogen-bond acceptors (Lipinski definition) is 1. The number of rotatable bonds is 4. The minimum atomic E-state index is 0.269. The van der Waals surface area contributed by atoms with E-state index >= 15 is 0 Å². The van der Waals surface area contributed by atoms with Crippen molar-refractivity contribution in [2.45, 2.75) is 13.3 Å². The molecule has 0 heterocycles. The lowest BCUT2D eigenvalue weighted by Crippen LogP contribution is -1.95. The van der Waals surface area contributed by atoms with Crippen LogP contribution < -0.4 is 4.74 Å². The Morgan fingerprint density at radius 3 is 2.22 bits per heavy atom. The molecule has 0 aromatic heterocycles. The maximum absolute atomic E-state index is 5.72. The Morgan fingerprint density at radius 1 is 1.00 bits per heavy atom. The predicted molar refractivity (Wildman–Crippen MR) is 74.7 cm³/mol. The standard InChI is InChI=1S/C17H16O/c1-3-14(2)13-15-9-11-17(12-10-15)18-16-7-5-4-6-8-16/h1,4-12,14H,13H2,2H3. The van der Waals surface area contributed by atoms with Gasteiger partial charge in [-0.15, -0.1) is 12.3 Å². The Balaban J connectivity index is 2.02. The maximum atomic E-state index is 5.72. The third-order valence-corrected chi connectivity index (χ3v) is 2.73. The van der Waals surface area contributed by atoms with Crippen LogP contribution in [0.3, 0.4) is 0 Å². The molecular weight excluding hydrogens is 220 g/mol. The van der Waals surface area contributed by atoms with Crippen molar-refractivity contribution < 1.29 is 4.74 Å². The third kappa shape index (κ3) is 3.40. The smallest absolute Gasteiger partial charge is 0.127 e. The fourth-order valence-electron chi connectivity index (χ4n) is 1.73. The van der Waals surface area contributed by atoms with Gasteiger partial charge < -0.3 is 4.74 Å². The summed E-state index contributed by atoms with van der Waals surface area (Å²) in [6, 6.07) is 17.8. The molecule has 0 radical (unpaired) electrons. The van der Waals surface area contributed by atoms with Crippen LogP contribution in [0.4, 0.5) is 0 Å². The molecule has 0 saturated carbocycles. The van der Waals surface area contributed by atoms with Gasteiger partial charge in [0.2, 0.25) is 0 Å². The average molecular weight is 236 g/mol. The van der Waals surface area contributed by atoms with E-state index in [9.17, 15) is 0 Å². The molecule has 0 saturated heterocycles.